The maximum absolute atomic E-state index is 6.67. The summed E-state index contributed by atoms with van der Waals surface area (Å²) >= 11 is 39.1. The molecule has 104 valence electrons. The first-order valence-electron chi connectivity index (χ1n) is 5.49. The molecule has 1 aromatic carbocycles. The minimum Gasteiger partial charge on any atom is -0.146 e. The second-order valence-electron chi connectivity index (χ2n) is 4.61. The molecule has 2 rings (SSSR count). The second kappa shape index (κ2) is 5.52. The lowest BCUT2D eigenvalue weighted by atomic mass is 10.2. The normalized spacial score (nSPS) is 25.2. The van der Waals surface area contributed by atoms with Crippen molar-refractivity contribution in [2.24, 2.45) is 0 Å². The summed E-state index contributed by atoms with van der Waals surface area (Å²) in [6.45, 7) is -6.62. The summed E-state index contributed by atoms with van der Waals surface area (Å²) in [4.78, 5) is -0.349. The van der Waals surface area contributed by atoms with Gasteiger partial charge < -0.3 is 0 Å². The Labute approximate surface area is 143 Å². The van der Waals surface area contributed by atoms with Gasteiger partial charge in [0, 0.05) is 4.79 Å². The molecule has 1 atom stereocenters. The summed E-state index contributed by atoms with van der Waals surface area (Å²) in [6, 6.07) is 9.66. The van der Waals surface area contributed by atoms with Crippen molar-refractivity contribution in [1.82, 2.24) is 0 Å². The van der Waals surface area contributed by atoms with Gasteiger partial charge in [-0.25, -0.2) is 0 Å². The van der Waals surface area contributed by atoms with Crippen LogP contribution in [0.4, 0.5) is 0 Å². The van der Waals surface area contributed by atoms with Crippen molar-refractivity contribution < 1.29 is 0 Å². The average Bonchev–Trinajstić information content (AvgIpc) is 2.44. The van der Waals surface area contributed by atoms with Gasteiger partial charge in [-0.2, -0.15) is 0 Å². The Morgan fingerprint density at radius 3 is 1.95 bits per heavy atom. The zero-order chi connectivity index (χ0) is 14.5. The van der Waals surface area contributed by atoms with Crippen molar-refractivity contribution in [2.45, 2.75) is 11.3 Å². The maximum Gasteiger partial charge on any atom is 0.283 e. The maximum atomic E-state index is 6.67. The number of hydrogen-bond acceptors (Lipinski definition) is 0. The number of hydrogen-bond donors (Lipinski definition) is 0. The molecule has 0 amide bonds. The lowest BCUT2D eigenvalue weighted by Crippen LogP contribution is -2.47. The van der Waals surface area contributed by atoms with Crippen molar-refractivity contribution in [1.29, 1.82) is 0 Å². The van der Waals surface area contributed by atoms with E-state index in [0.29, 0.717) is 0 Å². The highest BCUT2D eigenvalue weighted by Gasteiger charge is 2.66. The molecule has 0 spiro atoms. The highest BCUT2D eigenvalue weighted by atomic mass is 35.7. The van der Waals surface area contributed by atoms with Crippen LogP contribution in [0.15, 0.2) is 36.0 Å². The second-order valence-corrected chi connectivity index (χ2v) is 27.2. The smallest absolute Gasteiger partial charge is 0.146 e. The predicted octanol–water partition coefficient (Wildman–Crippen LogP) is 6.00. The fraction of sp³-hybridized carbons (Fsp3) is 0.200. The van der Waals surface area contributed by atoms with Gasteiger partial charge in [0.15, 0.2) is 0 Å². The van der Waals surface area contributed by atoms with Gasteiger partial charge in [-0.3, -0.25) is 0 Å². The van der Waals surface area contributed by atoms with E-state index in [9.17, 15) is 0 Å². The van der Waals surface area contributed by atoms with Crippen LogP contribution in [0.5, 0.6) is 0 Å². The van der Waals surface area contributed by atoms with Crippen LogP contribution in [0.1, 0.15) is 5.56 Å². The molecule has 19 heavy (non-hydrogen) atoms. The van der Waals surface area contributed by atoms with E-state index < -0.39 is 20.1 Å². The highest BCUT2D eigenvalue weighted by molar-refractivity contribution is 7.73. The lowest BCUT2D eigenvalue weighted by Gasteiger charge is -2.32. The summed E-state index contributed by atoms with van der Waals surface area (Å²) in [5, 5.41) is 0.845. The van der Waals surface area contributed by atoms with E-state index in [0.717, 1.165) is 10.8 Å². The predicted molar refractivity (Wildman–Crippen MR) is 96.4 cm³/mol. The van der Waals surface area contributed by atoms with E-state index in [4.69, 9.17) is 66.5 Å². The molecule has 1 aliphatic rings. The van der Waals surface area contributed by atoms with Crippen LogP contribution >= 0.6 is 66.5 Å². The molecule has 0 saturated heterocycles. The molecule has 0 fully saturated rings. The zero-order valence-electron chi connectivity index (χ0n) is 9.81. The number of rotatable bonds is 2. The molecule has 1 unspecified atom stereocenters. The van der Waals surface area contributed by atoms with Crippen molar-refractivity contribution in [3.63, 3.8) is 0 Å². The van der Waals surface area contributed by atoms with Gasteiger partial charge in [0.25, 0.3) is 20.1 Å². The van der Waals surface area contributed by atoms with Crippen molar-refractivity contribution in [3.8, 4) is 0 Å². The third-order valence-corrected chi connectivity index (χ3v) is 28.8. The monoisotopic (exact) mass is 424 g/mol. The Hall–Kier alpha value is 1.35. The summed E-state index contributed by atoms with van der Waals surface area (Å²) in [5.41, 5.74) is 2.80. The molecule has 0 radical (unpaired) electrons. The summed E-state index contributed by atoms with van der Waals surface area (Å²) in [6.07, 6.45) is 0. The molecule has 0 aliphatic carbocycles. The van der Waals surface area contributed by atoms with Gasteiger partial charge in [0.05, 0.1) is 0 Å². The van der Waals surface area contributed by atoms with E-state index in [1.165, 1.54) is 0 Å². The first-order valence-corrected chi connectivity index (χ1v) is 18.4. The molecular weight excluding hydrogens is 417 g/mol. The Morgan fingerprint density at radius 2 is 1.53 bits per heavy atom. The third-order valence-electron chi connectivity index (χ3n) is 3.04. The summed E-state index contributed by atoms with van der Waals surface area (Å²) in [5.74, 6) is 0. The van der Waals surface area contributed by atoms with E-state index in [1.807, 2.05) is 36.0 Å². The first-order chi connectivity index (χ1) is 8.57. The van der Waals surface area contributed by atoms with Gasteiger partial charge in [0.1, 0.15) is 0 Å². The van der Waals surface area contributed by atoms with Crippen LogP contribution in [0.3, 0.4) is 0 Å². The molecule has 0 nitrogen and oxygen atoms in total. The topological polar surface area (TPSA) is 0 Å². The molecule has 1 aliphatic heterocycles. The van der Waals surface area contributed by atoms with Gasteiger partial charge in [0.2, 0.25) is 0 Å². The molecule has 0 N–H and O–H groups in total. The Morgan fingerprint density at radius 1 is 1.00 bits per heavy atom. The van der Waals surface area contributed by atoms with Crippen LogP contribution in [0.2, 0.25) is 11.3 Å². The summed E-state index contributed by atoms with van der Waals surface area (Å²) in [7, 11) is 0. The van der Waals surface area contributed by atoms with Crippen LogP contribution in [-0.4, -0.2) is 20.1 Å². The van der Waals surface area contributed by atoms with Crippen molar-refractivity contribution in [3.05, 3.63) is 41.6 Å². The van der Waals surface area contributed by atoms with Gasteiger partial charge in [-0.05, 0) is 17.3 Å². The number of halogens is 6. The average molecular weight is 427 g/mol. The Balaban J connectivity index is 2.54. The van der Waals surface area contributed by atoms with Gasteiger partial charge in [-0.1, -0.05) is 36.0 Å². The molecule has 1 aromatic rings. The van der Waals surface area contributed by atoms with Crippen molar-refractivity contribution in [2.75, 3.05) is 0 Å². The molecule has 0 saturated carbocycles. The standard InChI is InChI=1S/C10H10Cl6Si3/c1-17(11,12)10-18(13,14)7-9(19(10,15)16)8-5-3-2-4-6-8/h2-7,10H,1H3. The number of benzene rings is 1. The third kappa shape index (κ3) is 3.25. The quantitative estimate of drug-likeness (QED) is 0.401. The minimum atomic E-state index is -2.91. The van der Waals surface area contributed by atoms with E-state index in [2.05, 4.69) is 0 Å². The molecular formula is C10H10Cl6Si3. The summed E-state index contributed by atoms with van der Waals surface area (Å²) < 4.78 is 0. The molecule has 9 heteroatoms. The van der Waals surface area contributed by atoms with E-state index >= 15 is 0 Å². The lowest BCUT2D eigenvalue weighted by molar-refractivity contribution is 1.64. The fourth-order valence-electron chi connectivity index (χ4n) is 2.32. The minimum absolute atomic E-state index is 0.349. The first kappa shape index (κ1) is 16.7. The van der Waals surface area contributed by atoms with Gasteiger partial charge >= 0.3 is 0 Å². The van der Waals surface area contributed by atoms with Gasteiger partial charge in [-0.15, -0.1) is 66.5 Å². The van der Waals surface area contributed by atoms with E-state index in [-0.39, 0.29) is 4.79 Å². The highest BCUT2D eigenvalue weighted by Crippen LogP contribution is 2.60. The van der Waals surface area contributed by atoms with Crippen LogP contribution in [-0.2, 0) is 0 Å². The SMILES string of the molecule is C[Si](Cl)(Cl)C1[Si](Cl)(Cl)C=C(c2ccccc2)[Si]1(Cl)Cl. The largest absolute Gasteiger partial charge is 0.283 e. The molecule has 1 heterocycles. The Kier molecular flexibility index (Phi) is 4.86. The molecule has 0 bridgehead atoms. The van der Waals surface area contributed by atoms with Crippen molar-refractivity contribution >= 4 is 91.8 Å². The fourth-order valence-corrected chi connectivity index (χ4v) is 42.8. The molecule has 0 aromatic heterocycles. The zero-order valence-corrected chi connectivity index (χ0v) is 17.3. The van der Waals surface area contributed by atoms with Crippen LogP contribution in [0.25, 0.3) is 5.20 Å². The van der Waals surface area contributed by atoms with E-state index in [1.54, 1.807) is 6.55 Å². The van der Waals surface area contributed by atoms with Crippen LogP contribution in [0, 0.1) is 0 Å². The Bertz CT molecular complexity index is 508. The van der Waals surface area contributed by atoms with Crippen LogP contribution < -0.4 is 0 Å².